The van der Waals surface area contributed by atoms with Crippen molar-refractivity contribution in [3.63, 3.8) is 0 Å². The van der Waals surface area contributed by atoms with Gasteiger partial charge < -0.3 is 10.2 Å². The first-order chi connectivity index (χ1) is 12.4. The molecular formula is C20H24FNO4. The fraction of sp³-hybridized carbons (Fsp3) is 0.300. The lowest BCUT2D eigenvalue weighted by Crippen LogP contribution is -2.24. The molecule has 0 heterocycles. The zero-order chi connectivity index (χ0) is 19.4. The summed E-state index contributed by atoms with van der Waals surface area (Å²) in [5.74, 6) is -3.76. The summed E-state index contributed by atoms with van der Waals surface area (Å²) < 4.78 is 13.8. The van der Waals surface area contributed by atoms with E-state index in [2.05, 4.69) is 36.1 Å². The number of carboxylic acids is 2. The summed E-state index contributed by atoms with van der Waals surface area (Å²) in [5, 5.41) is 14.8. The van der Waals surface area contributed by atoms with Crippen molar-refractivity contribution in [2.24, 2.45) is 0 Å². The fourth-order valence-electron chi connectivity index (χ4n) is 2.30. The van der Waals surface area contributed by atoms with Crippen molar-refractivity contribution in [3.8, 4) is 0 Å². The summed E-state index contributed by atoms with van der Waals surface area (Å²) in [6, 6.07) is 17.4. The van der Waals surface area contributed by atoms with Crippen molar-refractivity contribution in [2.75, 3.05) is 6.54 Å². The number of aliphatic carboxylic acids is 2. The van der Waals surface area contributed by atoms with Gasteiger partial charge >= 0.3 is 11.9 Å². The van der Waals surface area contributed by atoms with Crippen molar-refractivity contribution in [1.82, 2.24) is 4.90 Å². The molecule has 0 atom stereocenters. The van der Waals surface area contributed by atoms with Gasteiger partial charge in [0.25, 0.3) is 0 Å². The maximum atomic E-state index is 13.8. The Hall–Kier alpha value is -2.73. The molecule has 0 amide bonds. The topological polar surface area (TPSA) is 77.8 Å². The minimum Gasteiger partial charge on any atom is -0.473 e. The van der Waals surface area contributed by atoms with E-state index in [0.29, 0.717) is 6.54 Å². The lowest BCUT2D eigenvalue weighted by Gasteiger charge is -2.22. The van der Waals surface area contributed by atoms with Gasteiger partial charge in [0.15, 0.2) is 0 Å². The Kier molecular flexibility index (Phi) is 9.64. The Balaban J connectivity index is 0.000000487. The summed E-state index contributed by atoms with van der Waals surface area (Å²) in [4.78, 5) is 20.5. The van der Waals surface area contributed by atoms with Crippen LogP contribution < -0.4 is 0 Å². The van der Waals surface area contributed by atoms with E-state index in [0.717, 1.165) is 31.5 Å². The molecule has 2 rings (SSSR count). The molecule has 26 heavy (non-hydrogen) atoms. The van der Waals surface area contributed by atoms with E-state index < -0.39 is 11.9 Å². The van der Waals surface area contributed by atoms with E-state index in [-0.39, 0.29) is 5.82 Å². The normalized spacial score (nSPS) is 10.1. The highest BCUT2D eigenvalue weighted by Gasteiger charge is 2.09. The number of benzene rings is 2. The number of carbonyl (C=O) groups is 2. The number of hydrogen-bond donors (Lipinski definition) is 2. The predicted molar refractivity (Wildman–Crippen MR) is 97.1 cm³/mol. The zero-order valence-electron chi connectivity index (χ0n) is 14.8. The van der Waals surface area contributed by atoms with Crippen molar-refractivity contribution >= 4 is 11.9 Å². The third-order valence-corrected chi connectivity index (χ3v) is 3.61. The molecule has 0 spiro atoms. The van der Waals surface area contributed by atoms with Crippen molar-refractivity contribution < 1.29 is 24.2 Å². The van der Waals surface area contributed by atoms with Gasteiger partial charge in [0.1, 0.15) is 5.82 Å². The van der Waals surface area contributed by atoms with E-state index in [4.69, 9.17) is 19.8 Å². The van der Waals surface area contributed by atoms with E-state index >= 15 is 0 Å². The quantitative estimate of drug-likeness (QED) is 0.734. The summed E-state index contributed by atoms with van der Waals surface area (Å²) in [7, 11) is 0. The molecule has 0 radical (unpaired) electrons. The minimum atomic E-state index is -1.82. The van der Waals surface area contributed by atoms with Gasteiger partial charge in [-0.05, 0) is 24.6 Å². The van der Waals surface area contributed by atoms with Crippen LogP contribution in [-0.2, 0) is 22.7 Å². The first-order valence-corrected chi connectivity index (χ1v) is 8.40. The molecule has 0 aliphatic heterocycles. The standard InChI is InChI=1S/C18H22FN.C2H2O4/c1-2-3-13-20(14-16-9-5-4-6-10-16)15-17-11-7-8-12-18(17)19;3-1(4)2(5)6/h4-12H,2-3,13-15H2,1H3;(H,3,4)(H,5,6). The second-order valence-electron chi connectivity index (χ2n) is 5.75. The van der Waals surface area contributed by atoms with Crippen LogP contribution in [0.4, 0.5) is 4.39 Å². The summed E-state index contributed by atoms with van der Waals surface area (Å²) >= 11 is 0. The molecule has 0 unspecified atom stereocenters. The van der Waals surface area contributed by atoms with Crippen LogP contribution in [0, 0.1) is 5.82 Å². The predicted octanol–water partition coefficient (Wildman–Crippen LogP) is 3.78. The third kappa shape index (κ3) is 8.39. The number of nitrogens with zero attached hydrogens (tertiary/aromatic N) is 1. The van der Waals surface area contributed by atoms with E-state index in [1.54, 1.807) is 6.07 Å². The smallest absolute Gasteiger partial charge is 0.414 e. The van der Waals surface area contributed by atoms with Gasteiger partial charge in [0, 0.05) is 18.7 Å². The number of halogens is 1. The van der Waals surface area contributed by atoms with Gasteiger partial charge in [-0.2, -0.15) is 0 Å². The highest BCUT2D eigenvalue weighted by atomic mass is 19.1. The number of hydrogen-bond acceptors (Lipinski definition) is 3. The average Bonchev–Trinajstić information content (AvgIpc) is 2.63. The van der Waals surface area contributed by atoms with Crippen molar-refractivity contribution in [1.29, 1.82) is 0 Å². The third-order valence-electron chi connectivity index (χ3n) is 3.61. The lowest BCUT2D eigenvalue weighted by atomic mass is 10.1. The maximum absolute atomic E-state index is 13.8. The first-order valence-electron chi connectivity index (χ1n) is 8.40. The summed E-state index contributed by atoms with van der Waals surface area (Å²) in [5.41, 5.74) is 2.06. The second kappa shape index (κ2) is 11.8. The molecule has 0 aliphatic carbocycles. The molecule has 2 aromatic rings. The molecule has 0 aromatic heterocycles. The highest BCUT2D eigenvalue weighted by molar-refractivity contribution is 6.27. The highest BCUT2D eigenvalue weighted by Crippen LogP contribution is 2.13. The van der Waals surface area contributed by atoms with Crippen LogP contribution in [0.5, 0.6) is 0 Å². The van der Waals surface area contributed by atoms with Crippen LogP contribution >= 0.6 is 0 Å². The van der Waals surface area contributed by atoms with Gasteiger partial charge in [-0.1, -0.05) is 61.9 Å². The van der Waals surface area contributed by atoms with Crippen LogP contribution in [0.25, 0.3) is 0 Å². The SMILES string of the molecule is CCCCN(Cc1ccccc1)Cc1ccccc1F.O=C(O)C(=O)O. The molecule has 0 aliphatic rings. The van der Waals surface area contributed by atoms with Gasteiger partial charge in [0.05, 0.1) is 0 Å². The Labute approximate surface area is 152 Å². The first kappa shape index (κ1) is 21.3. The molecular weight excluding hydrogens is 337 g/mol. The van der Waals surface area contributed by atoms with Gasteiger partial charge in [0.2, 0.25) is 0 Å². The van der Waals surface area contributed by atoms with Crippen LogP contribution in [0.3, 0.4) is 0 Å². The summed E-state index contributed by atoms with van der Waals surface area (Å²) in [6.07, 6.45) is 2.30. The van der Waals surface area contributed by atoms with Crippen LogP contribution in [-0.4, -0.2) is 33.6 Å². The zero-order valence-corrected chi connectivity index (χ0v) is 14.8. The van der Waals surface area contributed by atoms with Crippen molar-refractivity contribution in [2.45, 2.75) is 32.9 Å². The minimum absolute atomic E-state index is 0.109. The van der Waals surface area contributed by atoms with E-state index in [1.165, 1.54) is 11.6 Å². The van der Waals surface area contributed by atoms with Gasteiger partial charge in [-0.15, -0.1) is 0 Å². The summed E-state index contributed by atoms with van der Waals surface area (Å²) in [6.45, 7) is 4.72. The fourth-order valence-corrected chi connectivity index (χ4v) is 2.30. The Bertz CT molecular complexity index is 679. The Morgan fingerprint density at radius 2 is 1.50 bits per heavy atom. The Morgan fingerprint density at radius 1 is 0.923 bits per heavy atom. The van der Waals surface area contributed by atoms with Crippen LogP contribution in [0.15, 0.2) is 54.6 Å². The molecule has 0 bridgehead atoms. The van der Waals surface area contributed by atoms with Crippen LogP contribution in [0.1, 0.15) is 30.9 Å². The molecule has 140 valence electrons. The lowest BCUT2D eigenvalue weighted by molar-refractivity contribution is -0.159. The maximum Gasteiger partial charge on any atom is 0.414 e. The molecule has 2 aromatic carbocycles. The molecule has 6 heteroatoms. The molecule has 2 N–H and O–H groups in total. The molecule has 0 saturated carbocycles. The van der Waals surface area contributed by atoms with Gasteiger partial charge in [-0.25, -0.2) is 14.0 Å². The molecule has 0 fully saturated rings. The number of rotatable bonds is 7. The second-order valence-corrected chi connectivity index (χ2v) is 5.75. The number of unbranched alkanes of at least 4 members (excludes halogenated alkanes) is 1. The Morgan fingerprint density at radius 3 is 2.04 bits per heavy atom. The molecule has 5 nitrogen and oxygen atoms in total. The van der Waals surface area contributed by atoms with Crippen LogP contribution in [0.2, 0.25) is 0 Å². The van der Waals surface area contributed by atoms with Gasteiger partial charge in [-0.3, -0.25) is 4.90 Å². The van der Waals surface area contributed by atoms with E-state index in [9.17, 15) is 4.39 Å². The largest absolute Gasteiger partial charge is 0.473 e. The van der Waals surface area contributed by atoms with Crippen molar-refractivity contribution in [3.05, 3.63) is 71.5 Å². The monoisotopic (exact) mass is 361 g/mol. The van der Waals surface area contributed by atoms with E-state index in [1.807, 2.05) is 18.2 Å². The molecule has 0 saturated heterocycles. The number of carboxylic acid groups (broad SMARTS) is 2. The average molecular weight is 361 g/mol.